The standard InChI is InChI=1S/C11H10N2O2/c1-9(13-15)2-3-10-4-6-11(7-5-10)8-12-14/h4-8,14-15H,1H3. The topological polar surface area (TPSA) is 65.2 Å². The van der Waals surface area contributed by atoms with Crippen molar-refractivity contribution in [3.8, 4) is 11.8 Å². The zero-order valence-corrected chi connectivity index (χ0v) is 8.18. The average Bonchev–Trinajstić information content (AvgIpc) is 2.28. The highest BCUT2D eigenvalue weighted by Crippen LogP contribution is 2.00. The SMILES string of the molecule is CC(C#Cc1ccc(C=NO)cc1)=NO. The summed E-state index contributed by atoms with van der Waals surface area (Å²) in [7, 11) is 0. The van der Waals surface area contributed by atoms with Crippen molar-refractivity contribution < 1.29 is 10.4 Å². The number of rotatable bonds is 1. The van der Waals surface area contributed by atoms with Gasteiger partial charge in [0, 0.05) is 5.56 Å². The maximum atomic E-state index is 8.37. The summed E-state index contributed by atoms with van der Waals surface area (Å²) in [5.41, 5.74) is 1.94. The molecule has 0 fully saturated rings. The highest BCUT2D eigenvalue weighted by atomic mass is 16.4. The van der Waals surface area contributed by atoms with E-state index in [2.05, 4.69) is 22.2 Å². The van der Waals surface area contributed by atoms with Gasteiger partial charge in [0.05, 0.1) is 6.21 Å². The minimum Gasteiger partial charge on any atom is -0.411 e. The van der Waals surface area contributed by atoms with Crippen molar-refractivity contribution in [2.45, 2.75) is 6.92 Å². The Bertz CT molecular complexity index is 436. The van der Waals surface area contributed by atoms with Gasteiger partial charge in [-0.05, 0) is 30.5 Å². The molecule has 0 aromatic heterocycles. The van der Waals surface area contributed by atoms with E-state index in [0.29, 0.717) is 5.71 Å². The Balaban J connectivity index is 2.84. The molecule has 0 atom stereocenters. The van der Waals surface area contributed by atoms with Gasteiger partial charge in [0.25, 0.3) is 0 Å². The monoisotopic (exact) mass is 202 g/mol. The van der Waals surface area contributed by atoms with E-state index in [-0.39, 0.29) is 0 Å². The molecule has 0 aliphatic rings. The maximum absolute atomic E-state index is 8.37. The summed E-state index contributed by atoms with van der Waals surface area (Å²) in [5, 5.41) is 22.5. The molecule has 0 spiro atoms. The third-order valence-corrected chi connectivity index (χ3v) is 1.66. The molecule has 0 aliphatic carbocycles. The van der Waals surface area contributed by atoms with Crippen LogP contribution < -0.4 is 0 Å². The summed E-state index contributed by atoms with van der Waals surface area (Å²) in [6.45, 7) is 1.61. The molecule has 1 rings (SSSR count). The molecule has 0 unspecified atom stereocenters. The molecule has 2 N–H and O–H groups in total. The Morgan fingerprint density at radius 3 is 2.47 bits per heavy atom. The number of benzene rings is 1. The van der Waals surface area contributed by atoms with E-state index in [1.807, 2.05) is 0 Å². The van der Waals surface area contributed by atoms with Gasteiger partial charge in [0.2, 0.25) is 0 Å². The maximum Gasteiger partial charge on any atom is 0.126 e. The van der Waals surface area contributed by atoms with E-state index in [1.165, 1.54) is 6.21 Å². The zero-order chi connectivity index (χ0) is 11.1. The second kappa shape index (κ2) is 5.45. The van der Waals surface area contributed by atoms with Crippen molar-refractivity contribution in [1.82, 2.24) is 0 Å². The molecule has 76 valence electrons. The van der Waals surface area contributed by atoms with Gasteiger partial charge in [-0.1, -0.05) is 28.4 Å². The van der Waals surface area contributed by atoms with Crippen LogP contribution in [0, 0.1) is 11.8 Å². The van der Waals surface area contributed by atoms with Gasteiger partial charge in [-0.15, -0.1) is 0 Å². The van der Waals surface area contributed by atoms with E-state index in [9.17, 15) is 0 Å². The quantitative estimate of drug-likeness (QED) is 0.315. The van der Waals surface area contributed by atoms with Crippen LogP contribution in [0.4, 0.5) is 0 Å². The third kappa shape index (κ3) is 3.53. The smallest absolute Gasteiger partial charge is 0.126 e. The van der Waals surface area contributed by atoms with Crippen LogP contribution in [-0.2, 0) is 0 Å². The fraction of sp³-hybridized carbons (Fsp3) is 0.0909. The van der Waals surface area contributed by atoms with Crippen molar-refractivity contribution in [3.63, 3.8) is 0 Å². The Hall–Kier alpha value is -2.28. The summed E-state index contributed by atoms with van der Waals surface area (Å²) in [4.78, 5) is 0. The summed E-state index contributed by atoms with van der Waals surface area (Å²) in [6, 6.07) is 7.12. The first-order chi connectivity index (χ1) is 7.26. The second-order valence-electron chi connectivity index (χ2n) is 2.80. The highest BCUT2D eigenvalue weighted by molar-refractivity contribution is 5.98. The molecule has 4 heteroatoms. The molecule has 0 saturated heterocycles. The fourth-order valence-corrected chi connectivity index (χ4v) is 0.907. The van der Waals surface area contributed by atoms with Gasteiger partial charge in [0.1, 0.15) is 5.71 Å². The predicted octanol–water partition coefficient (Wildman–Crippen LogP) is 1.70. The van der Waals surface area contributed by atoms with E-state index < -0.39 is 0 Å². The van der Waals surface area contributed by atoms with Gasteiger partial charge in [-0.25, -0.2) is 0 Å². The number of oxime groups is 2. The minimum atomic E-state index is 0.357. The minimum absolute atomic E-state index is 0.357. The molecule has 1 aromatic carbocycles. The molecule has 0 aliphatic heterocycles. The number of hydrogen-bond acceptors (Lipinski definition) is 4. The first-order valence-electron chi connectivity index (χ1n) is 4.24. The molecule has 1 aromatic rings. The summed E-state index contributed by atoms with van der Waals surface area (Å²) in [5.74, 6) is 5.48. The molecule has 0 saturated carbocycles. The van der Waals surface area contributed by atoms with Crippen LogP contribution >= 0.6 is 0 Å². The lowest BCUT2D eigenvalue weighted by Gasteiger charge is -1.91. The first kappa shape index (κ1) is 10.8. The molecule has 0 bridgehead atoms. The third-order valence-electron chi connectivity index (χ3n) is 1.66. The lowest BCUT2D eigenvalue weighted by Crippen LogP contribution is -1.85. The van der Waals surface area contributed by atoms with Gasteiger partial charge >= 0.3 is 0 Å². The average molecular weight is 202 g/mol. The van der Waals surface area contributed by atoms with Crippen LogP contribution in [0.15, 0.2) is 34.6 Å². The van der Waals surface area contributed by atoms with E-state index >= 15 is 0 Å². The molecular formula is C11H10N2O2. The Morgan fingerprint density at radius 2 is 1.93 bits per heavy atom. The Morgan fingerprint density at radius 1 is 1.27 bits per heavy atom. The van der Waals surface area contributed by atoms with Crippen LogP contribution in [0.3, 0.4) is 0 Å². The zero-order valence-electron chi connectivity index (χ0n) is 8.18. The van der Waals surface area contributed by atoms with Crippen LogP contribution in [0.2, 0.25) is 0 Å². The van der Waals surface area contributed by atoms with Gasteiger partial charge in [0.15, 0.2) is 0 Å². The first-order valence-corrected chi connectivity index (χ1v) is 4.24. The van der Waals surface area contributed by atoms with Crippen molar-refractivity contribution in [2.24, 2.45) is 10.3 Å². The summed E-state index contributed by atoms with van der Waals surface area (Å²) in [6.07, 6.45) is 1.33. The van der Waals surface area contributed by atoms with Gasteiger partial charge < -0.3 is 10.4 Å². The van der Waals surface area contributed by atoms with E-state index in [0.717, 1.165) is 11.1 Å². The van der Waals surface area contributed by atoms with Crippen molar-refractivity contribution in [3.05, 3.63) is 35.4 Å². The van der Waals surface area contributed by atoms with Crippen LogP contribution in [0.5, 0.6) is 0 Å². The number of nitrogens with zero attached hydrogens (tertiary/aromatic N) is 2. The van der Waals surface area contributed by atoms with Crippen LogP contribution in [-0.4, -0.2) is 22.3 Å². The van der Waals surface area contributed by atoms with Crippen LogP contribution in [0.25, 0.3) is 0 Å². The fourth-order valence-electron chi connectivity index (χ4n) is 0.907. The lowest BCUT2D eigenvalue weighted by molar-refractivity contribution is 0.319. The predicted molar refractivity (Wildman–Crippen MR) is 57.6 cm³/mol. The second-order valence-corrected chi connectivity index (χ2v) is 2.80. The molecule has 0 heterocycles. The summed E-state index contributed by atoms with van der Waals surface area (Å²) < 4.78 is 0. The summed E-state index contributed by atoms with van der Waals surface area (Å²) >= 11 is 0. The van der Waals surface area contributed by atoms with E-state index in [1.54, 1.807) is 31.2 Å². The Labute approximate surface area is 87.5 Å². The van der Waals surface area contributed by atoms with Crippen molar-refractivity contribution in [1.29, 1.82) is 0 Å². The highest BCUT2D eigenvalue weighted by Gasteiger charge is 1.89. The van der Waals surface area contributed by atoms with E-state index in [4.69, 9.17) is 10.4 Å². The molecule has 4 nitrogen and oxygen atoms in total. The van der Waals surface area contributed by atoms with Crippen molar-refractivity contribution in [2.75, 3.05) is 0 Å². The normalized spacial score (nSPS) is 11.1. The lowest BCUT2D eigenvalue weighted by atomic mass is 10.1. The van der Waals surface area contributed by atoms with Crippen LogP contribution in [0.1, 0.15) is 18.1 Å². The largest absolute Gasteiger partial charge is 0.411 e. The molecule has 15 heavy (non-hydrogen) atoms. The molecule has 0 radical (unpaired) electrons. The van der Waals surface area contributed by atoms with Crippen molar-refractivity contribution >= 4 is 11.9 Å². The van der Waals surface area contributed by atoms with Gasteiger partial charge in [-0.3, -0.25) is 0 Å². The molecular weight excluding hydrogens is 192 g/mol. The van der Waals surface area contributed by atoms with Gasteiger partial charge in [-0.2, -0.15) is 0 Å². The Kier molecular flexibility index (Phi) is 3.92. The number of hydrogen-bond donors (Lipinski definition) is 2. The molecule has 0 amide bonds.